The molecule has 0 aliphatic rings. The van der Waals surface area contributed by atoms with Crippen molar-refractivity contribution in [2.45, 2.75) is 32.2 Å². The number of hydrogen-bond donors (Lipinski definition) is 2. The second kappa shape index (κ2) is 7.31. The predicted molar refractivity (Wildman–Crippen MR) is 69.6 cm³/mol. The minimum absolute atomic E-state index is 0.102. The largest absolute Gasteiger partial charge is 0.480 e. The van der Waals surface area contributed by atoms with E-state index in [9.17, 15) is 14.4 Å². The molecule has 0 saturated heterocycles. The highest BCUT2D eigenvalue weighted by Crippen LogP contribution is 2.02. The Morgan fingerprint density at radius 2 is 1.84 bits per heavy atom. The van der Waals surface area contributed by atoms with Crippen molar-refractivity contribution in [2.75, 3.05) is 0 Å². The number of carboxylic acids is 1. The SMILES string of the molecule is CCC(=O)CC(NC(=O)Cc1ccccc1)C(=O)O. The summed E-state index contributed by atoms with van der Waals surface area (Å²) < 4.78 is 0. The molecular formula is C14H17NO4. The van der Waals surface area contributed by atoms with Crippen LogP contribution in [0.15, 0.2) is 30.3 Å². The van der Waals surface area contributed by atoms with Crippen LogP contribution in [0.25, 0.3) is 0 Å². The molecule has 1 atom stereocenters. The zero-order chi connectivity index (χ0) is 14.3. The molecule has 0 fully saturated rings. The van der Waals surface area contributed by atoms with Gasteiger partial charge in [0, 0.05) is 12.8 Å². The van der Waals surface area contributed by atoms with Crippen LogP contribution in [0.2, 0.25) is 0 Å². The van der Waals surface area contributed by atoms with E-state index in [0.717, 1.165) is 5.56 Å². The molecule has 0 spiro atoms. The Kier molecular flexibility index (Phi) is 5.73. The van der Waals surface area contributed by atoms with Crippen molar-refractivity contribution in [1.29, 1.82) is 0 Å². The lowest BCUT2D eigenvalue weighted by molar-refractivity contribution is -0.143. The van der Waals surface area contributed by atoms with E-state index < -0.39 is 17.9 Å². The standard InChI is InChI=1S/C14H17NO4/c1-2-11(16)9-12(14(18)19)15-13(17)8-10-6-4-3-5-7-10/h3-7,12H,2,8-9H2,1H3,(H,15,17)(H,18,19). The molecule has 5 heteroatoms. The van der Waals surface area contributed by atoms with E-state index in [-0.39, 0.29) is 25.0 Å². The number of amides is 1. The first kappa shape index (κ1) is 14.9. The minimum Gasteiger partial charge on any atom is -0.480 e. The summed E-state index contributed by atoms with van der Waals surface area (Å²) in [6.45, 7) is 1.66. The molecule has 0 heterocycles. The van der Waals surface area contributed by atoms with Crippen LogP contribution in [-0.4, -0.2) is 28.8 Å². The normalized spacial score (nSPS) is 11.6. The number of carboxylic acid groups (broad SMARTS) is 1. The van der Waals surface area contributed by atoms with Crippen molar-refractivity contribution < 1.29 is 19.5 Å². The predicted octanol–water partition coefficient (Wildman–Crippen LogP) is 1.17. The lowest BCUT2D eigenvalue weighted by Gasteiger charge is -2.13. The first-order chi connectivity index (χ1) is 9.02. The fourth-order valence-electron chi connectivity index (χ4n) is 1.60. The molecule has 19 heavy (non-hydrogen) atoms. The lowest BCUT2D eigenvalue weighted by atomic mass is 10.1. The highest BCUT2D eigenvalue weighted by atomic mass is 16.4. The summed E-state index contributed by atoms with van der Waals surface area (Å²) in [7, 11) is 0. The summed E-state index contributed by atoms with van der Waals surface area (Å²) in [6, 6.07) is 7.86. The van der Waals surface area contributed by atoms with Crippen molar-refractivity contribution >= 4 is 17.7 Å². The van der Waals surface area contributed by atoms with Gasteiger partial charge in [-0.25, -0.2) is 4.79 Å². The van der Waals surface area contributed by atoms with Crippen molar-refractivity contribution in [3.05, 3.63) is 35.9 Å². The van der Waals surface area contributed by atoms with Gasteiger partial charge in [-0.3, -0.25) is 9.59 Å². The molecule has 0 bridgehead atoms. The number of rotatable bonds is 7. The monoisotopic (exact) mass is 263 g/mol. The number of ketones is 1. The second-order valence-electron chi connectivity index (χ2n) is 4.22. The van der Waals surface area contributed by atoms with Crippen LogP contribution in [0.4, 0.5) is 0 Å². The molecular weight excluding hydrogens is 246 g/mol. The minimum atomic E-state index is -1.19. The maximum atomic E-state index is 11.7. The number of benzene rings is 1. The molecule has 2 N–H and O–H groups in total. The van der Waals surface area contributed by atoms with Crippen LogP contribution < -0.4 is 5.32 Å². The van der Waals surface area contributed by atoms with Crippen molar-refractivity contribution in [3.8, 4) is 0 Å². The smallest absolute Gasteiger partial charge is 0.326 e. The molecule has 5 nitrogen and oxygen atoms in total. The maximum Gasteiger partial charge on any atom is 0.326 e. The van der Waals surface area contributed by atoms with E-state index in [4.69, 9.17) is 5.11 Å². The van der Waals surface area contributed by atoms with Crippen molar-refractivity contribution in [2.24, 2.45) is 0 Å². The Balaban J connectivity index is 2.57. The maximum absolute atomic E-state index is 11.7. The van der Waals surface area contributed by atoms with Crippen LogP contribution in [-0.2, 0) is 20.8 Å². The second-order valence-corrected chi connectivity index (χ2v) is 4.22. The summed E-state index contributed by atoms with van der Waals surface area (Å²) in [5.74, 6) is -1.78. The lowest BCUT2D eigenvalue weighted by Crippen LogP contribution is -2.42. The van der Waals surface area contributed by atoms with Gasteiger partial charge < -0.3 is 10.4 Å². The van der Waals surface area contributed by atoms with E-state index in [2.05, 4.69) is 5.32 Å². The van der Waals surface area contributed by atoms with Crippen LogP contribution >= 0.6 is 0 Å². The molecule has 1 unspecified atom stereocenters. The third-order valence-electron chi connectivity index (χ3n) is 2.67. The zero-order valence-electron chi connectivity index (χ0n) is 10.8. The van der Waals surface area contributed by atoms with Gasteiger partial charge in [0.2, 0.25) is 5.91 Å². The van der Waals surface area contributed by atoms with Crippen LogP contribution in [0.1, 0.15) is 25.3 Å². The third kappa shape index (κ3) is 5.33. The summed E-state index contributed by atoms with van der Waals surface area (Å²) >= 11 is 0. The van der Waals surface area contributed by atoms with Crippen LogP contribution in [0.5, 0.6) is 0 Å². The van der Waals surface area contributed by atoms with Crippen LogP contribution in [0, 0.1) is 0 Å². The van der Waals surface area contributed by atoms with E-state index in [1.54, 1.807) is 31.2 Å². The average Bonchev–Trinajstić information content (AvgIpc) is 2.38. The van der Waals surface area contributed by atoms with Gasteiger partial charge in [-0.1, -0.05) is 37.3 Å². The van der Waals surface area contributed by atoms with Crippen LogP contribution in [0.3, 0.4) is 0 Å². The highest BCUT2D eigenvalue weighted by molar-refractivity contribution is 5.89. The summed E-state index contributed by atoms with van der Waals surface area (Å²) in [5.41, 5.74) is 0.797. The number of carbonyl (C=O) groups is 3. The van der Waals surface area contributed by atoms with E-state index in [1.165, 1.54) is 0 Å². The Labute approximate surface area is 111 Å². The fourth-order valence-corrected chi connectivity index (χ4v) is 1.60. The molecule has 1 amide bonds. The van der Waals surface area contributed by atoms with Gasteiger partial charge in [0.05, 0.1) is 6.42 Å². The Bertz CT molecular complexity index is 456. The zero-order valence-corrected chi connectivity index (χ0v) is 10.8. The number of aliphatic carboxylic acids is 1. The third-order valence-corrected chi connectivity index (χ3v) is 2.67. The van der Waals surface area contributed by atoms with E-state index in [1.807, 2.05) is 6.07 Å². The first-order valence-corrected chi connectivity index (χ1v) is 6.10. The Hall–Kier alpha value is -2.17. The van der Waals surface area contributed by atoms with Gasteiger partial charge in [-0.15, -0.1) is 0 Å². The molecule has 0 aliphatic heterocycles. The fraction of sp³-hybridized carbons (Fsp3) is 0.357. The molecule has 0 aliphatic carbocycles. The molecule has 1 aromatic carbocycles. The summed E-state index contributed by atoms with van der Waals surface area (Å²) in [5, 5.41) is 11.3. The van der Waals surface area contributed by atoms with Gasteiger partial charge in [-0.2, -0.15) is 0 Å². The first-order valence-electron chi connectivity index (χ1n) is 6.10. The highest BCUT2D eigenvalue weighted by Gasteiger charge is 2.22. The van der Waals surface area contributed by atoms with Gasteiger partial charge in [0.1, 0.15) is 11.8 Å². The molecule has 0 saturated carbocycles. The van der Waals surface area contributed by atoms with E-state index >= 15 is 0 Å². The summed E-state index contributed by atoms with van der Waals surface area (Å²) in [6.07, 6.45) is 0.190. The van der Waals surface area contributed by atoms with Gasteiger partial charge >= 0.3 is 5.97 Å². The molecule has 0 radical (unpaired) electrons. The Morgan fingerprint density at radius 1 is 1.21 bits per heavy atom. The Morgan fingerprint density at radius 3 is 2.37 bits per heavy atom. The van der Waals surface area contributed by atoms with Crippen molar-refractivity contribution in [3.63, 3.8) is 0 Å². The van der Waals surface area contributed by atoms with Gasteiger partial charge in [0.15, 0.2) is 0 Å². The molecule has 102 valence electrons. The number of Topliss-reactive ketones (excluding diaryl/α,β-unsaturated/α-hetero) is 1. The molecule has 1 rings (SSSR count). The topological polar surface area (TPSA) is 83.5 Å². The van der Waals surface area contributed by atoms with Gasteiger partial charge in [-0.05, 0) is 5.56 Å². The van der Waals surface area contributed by atoms with Gasteiger partial charge in [0.25, 0.3) is 0 Å². The number of nitrogens with one attached hydrogen (secondary N) is 1. The number of carbonyl (C=O) groups excluding carboxylic acids is 2. The average molecular weight is 263 g/mol. The summed E-state index contributed by atoms with van der Waals surface area (Å²) in [4.78, 5) is 33.9. The van der Waals surface area contributed by atoms with Crippen molar-refractivity contribution in [1.82, 2.24) is 5.32 Å². The quantitative estimate of drug-likeness (QED) is 0.773. The molecule has 0 aromatic heterocycles. The number of hydrogen-bond acceptors (Lipinski definition) is 3. The van der Waals surface area contributed by atoms with E-state index in [0.29, 0.717) is 0 Å². The molecule has 1 aromatic rings.